The van der Waals surface area contributed by atoms with Crippen LogP contribution in [0.3, 0.4) is 0 Å². The van der Waals surface area contributed by atoms with Gasteiger partial charge in [-0.1, -0.05) is 35.9 Å². The first-order valence-corrected chi connectivity index (χ1v) is 9.27. The summed E-state index contributed by atoms with van der Waals surface area (Å²) in [5.74, 6) is 0.136. The first kappa shape index (κ1) is 18.0. The van der Waals surface area contributed by atoms with Crippen molar-refractivity contribution in [2.75, 3.05) is 16.3 Å². The Morgan fingerprint density at radius 3 is 2.36 bits per heavy atom. The first-order valence-electron chi connectivity index (χ1n) is 9.27. The van der Waals surface area contributed by atoms with Gasteiger partial charge in [0.1, 0.15) is 12.3 Å². The van der Waals surface area contributed by atoms with Gasteiger partial charge in [-0.2, -0.15) is 0 Å². The standard InChI is InChI=1S/C23H22N2O3/c1-15-10-11-19(17(3)13-15)25-21(26)14-24(18-8-5-4-7-16(18)2)23(27)22(25)20-9-6-12-28-20/h4-13,22H,14H2,1-3H3/t22-/m1/s1. The highest BCUT2D eigenvalue weighted by molar-refractivity contribution is 6.14. The predicted molar refractivity (Wildman–Crippen MR) is 108 cm³/mol. The molecule has 0 aliphatic carbocycles. The van der Waals surface area contributed by atoms with Gasteiger partial charge < -0.3 is 9.32 Å². The maximum Gasteiger partial charge on any atom is 0.258 e. The molecule has 0 spiro atoms. The molecule has 1 fully saturated rings. The molecule has 1 aromatic heterocycles. The number of hydrogen-bond acceptors (Lipinski definition) is 3. The Labute approximate surface area is 164 Å². The van der Waals surface area contributed by atoms with Crippen LogP contribution in [-0.2, 0) is 9.59 Å². The Morgan fingerprint density at radius 2 is 1.68 bits per heavy atom. The van der Waals surface area contributed by atoms with Crippen LogP contribution in [0.25, 0.3) is 0 Å². The molecule has 1 saturated heterocycles. The van der Waals surface area contributed by atoms with Crippen LogP contribution in [-0.4, -0.2) is 18.4 Å². The van der Waals surface area contributed by atoms with E-state index in [2.05, 4.69) is 0 Å². The summed E-state index contributed by atoms with van der Waals surface area (Å²) in [6.07, 6.45) is 1.53. The van der Waals surface area contributed by atoms with Gasteiger partial charge in [0.05, 0.1) is 6.26 Å². The number of rotatable bonds is 3. The minimum Gasteiger partial charge on any atom is -0.467 e. The van der Waals surface area contributed by atoms with E-state index in [-0.39, 0.29) is 18.4 Å². The summed E-state index contributed by atoms with van der Waals surface area (Å²) in [7, 11) is 0. The lowest BCUT2D eigenvalue weighted by atomic mass is 10.0. The fraction of sp³-hybridized carbons (Fsp3) is 0.217. The molecule has 1 aliphatic rings. The second kappa shape index (κ2) is 7.00. The van der Waals surface area contributed by atoms with Crippen LogP contribution in [0.5, 0.6) is 0 Å². The van der Waals surface area contributed by atoms with Gasteiger partial charge >= 0.3 is 0 Å². The Balaban J connectivity index is 1.83. The van der Waals surface area contributed by atoms with Crippen LogP contribution in [0.2, 0.25) is 0 Å². The highest BCUT2D eigenvalue weighted by Crippen LogP contribution is 2.37. The van der Waals surface area contributed by atoms with Gasteiger partial charge in [0, 0.05) is 11.4 Å². The van der Waals surface area contributed by atoms with Crippen molar-refractivity contribution < 1.29 is 14.0 Å². The van der Waals surface area contributed by atoms with E-state index in [1.807, 2.05) is 63.2 Å². The zero-order valence-electron chi connectivity index (χ0n) is 16.2. The molecule has 5 nitrogen and oxygen atoms in total. The lowest BCUT2D eigenvalue weighted by Crippen LogP contribution is -2.56. The molecule has 1 atom stereocenters. The molecule has 3 aromatic rings. The van der Waals surface area contributed by atoms with Crippen molar-refractivity contribution in [3.8, 4) is 0 Å². The summed E-state index contributed by atoms with van der Waals surface area (Å²) in [5.41, 5.74) is 4.48. The largest absolute Gasteiger partial charge is 0.467 e. The maximum absolute atomic E-state index is 13.6. The number of piperazine rings is 1. The molecule has 0 unspecified atom stereocenters. The van der Waals surface area contributed by atoms with E-state index in [0.717, 1.165) is 28.1 Å². The third-order valence-corrected chi connectivity index (χ3v) is 5.15. The molecule has 0 saturated carbocycles. The van der Waals surface area contributed by atoms with E-state index in [9.17, 15) is 9.59 Å². The molecule has 28 heavy (non-hydrogen) atoms. The van der Waals surface area contributed by atoms with Crippen molar-refractivity contribution in [1.29, 1.82) is 0 Å². The molecule has 142 valence electrons. The van der Waals surface area contributed by atoms with Crippen molar-refractivity contribution in [3.63, 3.8) is 0 Å². The Hall–Kier alpha value is -3.34. The Kier molecular flexibility index (Phi) is 4.51. The number of aryl methyl sites for hydroxylation is 3. The number of hydrogen-bond donors (Lipinski definition) is 0. The molecular formula is C23H22N2O3. The van der Waals surface area contributed by atoms with Gasteiger partial charge in [0.25, 0.3) is 5.91 Å². The topological polar surface area (TPSA) is 53.8 Å². The van der Waals surface area contributed by atoms with Gasteiger partial charge in [0.2, 0.25) is 5.91 Å². The molecule has 1 aliphatic heterocycles. The molecule has 2 heterocycles. The highest BCUT2D eigenvalue weighted by atomic mass is 16.3. The number of carbonyl (C=O) groups excluding carboxylic acids is 2. The number of amides is 2. The van der Waals surface area contributed by atoms with E-state index in [1.165, 1.54) is 6.26 Å². The van der Waals surface area contributed by atoms with E-state index >= 15 is 0 Å². The number of benzene rings is 2. The van der Waals surface area contributed by atoms with Crippen LogP contribution < -0.4 is 9.80 Å². The minimum absolute atomic E-state index is 0.00574. The minimum atomic E-state index is -0.836. The summed E-state index contributed by atoms with van der Waals surface area (Å²) < 4.78 is 5.58. The van der Waals surface area contributed by atoms with Crippen LogP contribution in [0.15, 0.2) is 65.3 Å². The first-order chi connectivity index (χ1) is 13.5. The van der Waals surface area contributed by atoms with E-state index in [4.69, 9.17) is 4.42 Å². The smallest absolute Gasteiger partial charge is 0.258 e. The van der Waals surface area contributed by atoms with Crippen molar-refractivity contribution >= 4 is 23.2 Å². The summed E-state index contributed by atoms with van der Waals surface area (Å²) >= 11 is 0. The average molecular weight is 374 g/mol. The normalized spacial score (nSPS) is 17.3. The highest BCUT2D eigenvalue weighted by Gasteiger charge is 2.44. The van der Waals surface area contributed by atoms with E-state index in [0.29, 0.717) is 5.76 Å². The van der Waals surface area contributed by atoms with Crippen molar-refractivity contribution in [1.82, 2.24) is 0 Å². The molecular weight excluding hydrogens is 352 g/mol. The average Bonchev–Trinajstić information content (AvgIpc) is 3.18. The lowest BCUT2D eigenvalue weighted by Gasteiger charge is -2.40. The number of anilines is 2. The molecule has 0 bridgehead atoms. The fourth-order valence-electron chi connectivity index (χ4n) is 3.81. The third kappa shape index (κ3) is 2.99. The zero-order valence-corrected chi connectivity index (χ0v) is 16.2. The van der Waals surface area contributed by atoms with Crippen LogP contribution >= 0.6 is 0 Å². The zero-order chi connectivity index (χ0) is 19.8. The summed E-state index contributed by atoms with van der Waals surface area (Å²) in [4.78, 5) is 30.0. The molecule has 0 N–H and O–H groups in total. The van der Waals surface area contributed by atoms with E-state index in [1.54, 1.807) is 21.9 Å². The SMILES string of the molecule is Cc1ccc(N2C(=O)CN(c3ccccc3C)C(=O)[C@H]2c2ccco2)c(C)c1. The second-order valence-electron chi connectivity index (χ2n) is 7.18. The van der Waals surface area contributed by atoms with Gasteiger partial charge in [0.15, 0.2) is 6.04 Å². The number of nitrogens with zero attached hydrogens (tertiary/aromatic N) is 2. The summed E-state index contributed by atoms with van der Waals surface area (Å²) in [5, 5.41) is 0. The van der Waals surface area contributed by atoms with Gasteiger partial charge in [-0.25, -0.2) is 0 Å². The number of carbonyl (C=O) groups is 2. The third-order valence-electron chi connectivity index (χ3n) is 5.15. The predicted octanol–water partition coefficient (Wildman–Crippen LogP) is 4.33. The molecule has 2 amide bonds. The van der Waals surface area contributed by atoms with Gasteiger partial charge in [-0.05, 0) is 56.2 Å². The summed E-state index contributed by atoms with van der Waals surface area (Å²) in [6.45, 7) is 5.89. The second-order valence-corrected chi connectivity index (χ2v) is 7.18. The van der Waals surface area contributed by atoms with Crippen LogP contribution in [0, 0.1) is 20.8 Å². The Morgan fingerprint density at radius 1 is 0.893 bits per heavy atom. The number of furan rings is 1. The fourth-order valence-corrected chi connectivity index (χ4v) is 3.81. The monoisotopic (exact) mass is 374 g/mol. The molecule has 4 rings (SSSR count). The van der Waals surface area contributed by atoms with Crippen molar-refractivity contribution in [2.45, 2.75) is 26.8 Å². The maximum atomic E-state index is 13.6. The Bertz CT molecular complexity index is 1040. The molecule has 5 heteroatoms. The van der Waals surface area contributed by atoms with Gasteiger partial charge in [-0.3, -0.25) is 14.5 Å². The number of para-hydroxylation sites is 1. The molecule has 0 radical (unpaired) electrons. The summed E-state index contributed by atoms with van der Waals surface area (Å²) in [6, 6.07) is 16.1. The molecule has 2 aromatic carbocycles. The van der Waals surface area contributed by atoms with Crippen molar-refractivity contribution in [2.24, 2.45) is 0 Å². The van der Waals surface area contributed by atoms with E-state index < -0.39 is 6.04 Å². The van der Waals surface area contributed by atoms with Crippen molar-refractivity contribution in [3.05, 3.63) is 83.3 Å². The van der Waals surface area contributed by atoms with Crippen LogP contribution in [0.4, 0.5) is 11.4 Å². The lowest BCUT2D eigenvalue weighted by molar-refractivity contribution is -0.129. The quantitative estimate of drug-likeness (QED) is 0.686. The van der Waals surface area contributed by atoms with Gasteiger partial charge in [-0.15, -0.1) is 0 Å². The van der Waals surface area contributed by atoms with Crippen LogP contribution in [0.1, 0.15) is 28.5 Å².